The third-order valence-electron chi connectivity index (χ3n) is 3.81. The van der Waals surface area contributed by atoms with Crippen molar-refractivity contribution in [3.63, 3.8) is 0 Å². The zero-order valence-corrected chi connectivity index (χ0v) is 10.9. The predicted octanol–water partition coefficient (Wildman–Crippen LogP) is 3.06. The van der Waals surface area contributed by atoms with Gasteiger partial charge in [0.1, 0.15) is 5.92 Å². The molecule has 0 saturated heterocycles. The van der Waals surface area contributed by atoms with Gasteiger partial charge in [0.05, 0.1) is 6.07 Å². The Morgan fingerprint density at radius 3 is 2.70 bits per heavy atom. The number of aromatic nitrogens is 1. The molecular formula is C17H14N2O. The molecule has 0 spiro atoms. The number of Topliss-reactive ketones (excluding diaryl/α,β-unsaturated/α-hetero) is 1. The van der Waals surface area contributed by atoms with Crippen molar-refractivity contribution >= 4 is 5.78 Å². The fourth-order valence-electron chi connectivity index (χ4n) is 2.64. The number of carbonyl (C=O) groups excluding carboxylic acids is 1. The average Bonchev–Trinajstić information content (AvgIpc) is 3.30. The molecule has 1 aromatic heterocycles. The van der Waals surface area contributed by atoms with Gasteiger partial charge in [-0.15, -0.1) is 0 Å². The van der Waals surface area contributed by atoms with Crippen LogP contribution in [0.4, 0.5) is 0 Å². The van der Waals surface area contributed by atoms with Crippen LogP contribution < -0.4 is 0 Å². The second kappa shape index (κ2) is 5.26. The van der Waals surface area contributed by atoms with Gasteiger partial charge >= 0.3 is 0 Å². The van der Waals surface area contributed by atoms with Gasteiger partial charge in [0.15, 0.2) is 5.78 Å². The van der Waals surface area contributed by atoms with E-state index in [-0.39, 0.29) is 17.6 Å². The van der Waals surface area contributed by atoms with Crippen LogP contribution in [0, 0.1) is 17.2 Å². The van der Waals surface area contributed by atoms with Gasteiger partial charge in [0.2, 0.25) is 0 Å². The summed E-state index contributed by atoms with van der Waals surface area (Å²) in [5, 5.41) is 9.28. The molecule has 20 heavy (non-hydrogen) atoms. The first-order valence-corrected chi connectivity index (χ1v) is 6.69. The Balaban J connectivity index is 1.76. The molecule has 1 aromatic carbocycles. The van der Waals surface area contributed by atoms with Crippen LogP contribution in [0.25, 0.3) is 0 Å². The Kier molecular flexibility index (Phi) is 3.30. The summed E-state index contributed by atoms with van der Waals surface area (Å²) in [7, 11) is 0. The molecule has 3 nitrogen and oxygen atoms in total. The topological polar surface area (TPSA) is 53.8 Å². The number of nitrogens with zero attached hydrogens (tertiary/aromatic N) is 2. The fourth-order valence-corrected chi connectivity index (χ4v) is 2.64. The standard InChI is InChI=1S/C17H14N2O/c18-10-16(13-7-4-8-19-11-13)17(20)15-9-14(15)12-5-2-1-3-6-12/h1-8,11,14-16H,9H2. The quantitative estimate of drug-likeness (QED) is 0.850. The van der Waals surface area contributed by atoms with Crippen molar-refractivity contribution in [1.29, 1.82) is 5.26 Å². The summed E-state index contributed by atoms with van der Waals surface area (Å²) in [6.07, 6.45) is 4.10. The Bertz CT molecular complexity index is 646. The van der Waals surface area contributed by atoms with E-state index in [0.717, 1.165) is 6.42 Å². The maximum absolute atomic E-state index is 12.5. The lowest BCUT2D eigenvalue weighted by atomic mass is 9.93. The first-order chi connectivity index (χ1) is 9.81. The van der Waals surface area contributed by atoms with Crippen LogP contribution in [-0.2, 0) is 4.79 Å². The highest BCUT2D eigenvalue weighted by molar-refractivity contribution is 5.93. The molecule has 0 N–H and O–H groups in total. The maximum Gasteiger partial charge on any atom is 0.158 e. The summed E-state index contributed by atoms with van der Waals surface area (Å²) in [5.74, 6) is -0.421. The lowest BCUT2D eigenvalue weighted by Gasteiger charge is -2.07. The van der Waals surface area contributed by atoms with E-state index in [9.17, 15) is 10.1 Å². The van der Waals surface area contributed by atoms with Crippen molar-refractivity contribution in [2.24, 2.45) is 5.92 Å². The number of pyridine rings is 1. The zero-order chi connectivity index (χ0) is 13.9. The molecule has 1 fully saturated rings. The predicted molar refractivity (Wildman–Crippen MR) is 74.9 cm³/mol. The molecule has 1 aliphatic rings. The smallest absolute Gasteiger partial charge is 0.158 e. The van der Waals surface area contributed by atoms with E-state index < -0.39 is 5.92 Å². The van der Waals surface area contributed by atoms with Gasteiger partial charge in [-0.1, -0.05) is 36.4 Å². The highest BCUT2D eigenvalue weighted by atomic mass is 16.1. The highest BCUT2D eigenvalue weighted by Crippen LogP contribution is 2.49. The molecule has 3 unspecified atom stereocenters. The second-order valence-corrected chi connectivity index (χ2v) is 5.11. The first-order valence-electron chi connectivity index (χ1n) is 6.69. The molecule has 0 radical (unpaired) electrons. The summed E-state index contributed by atoms with van der Waals surface area (Å²) in [5.41, 5.74) is 1.88. The number of hydrogen-bond acceptors (Lipinski definition) is 3. The summed E-state index contributed by atoms with van der Waals surface area (Å²) in [4.78, 5) is 16.5. The van der Waals surface area contributed by atoms with Gasteiger partial charge in [-0.2, -0.15) is 5.26 Å². The molecule has 3 heteroatoms. The van der Waals surface area contributed by atoms with Crippen molar-refractivity contribution < 1.29 is 4.79 Å². The van der Waals surface area contributed by atoms with Gasteiger partial charge in [0.25, 0.3) is 0 Å². The maximum atomic E-state index is 12.5. The van der Waals surface area contributed by atoms with Crippen molar-refractivity contribution in [3.05, 3.63) is 66.0 Å². The van der Waals surface area contributed by atoms with Crippen LogP contribution in [0.15, 0.2) is 54.9 Å². The number of carbonyl (C=O) groups is 1. The van der Waals surface area contributed by atoms with E-state index in [1.165, 1.54) is 5.56 Å². The molecule has 3 atom stereocenters. The second-order valence-electron chi connectivity index (χ2n) is 5.11. The molecule has 1 heterocycles. The lowest BCUT2D eigenvalue weighted by molar-refractivity contribution is -0.120. The third kappa shape index (κ3) is 2.33. The minimum absolute atomic E-state index is 0.0225. The molecule has 3 rings (SSSR count). The van der Waals surface area contributed by atoms with Crippen LogP contribution in [0.2, 0.25) is 0 Å². The van der Waals surface area contributed by atoms with Crippen LogP contribution in [0.5, 0.6) is 0 Å². The Morgan fingerprint density at radius 2 is 2.05 bits per heavy atom. The Hall–Kier alpha value is -2.47. The summed E-state index contributed by atoms with van der Waals surface area (Å²) in [6, 6.07) is 15.7. The van der Waals surface area contributed by atoms with Crippen LogP contribution in [-0.4, -0.2) is 10.8 Å². The molecule has 0 amide bonds. The van der Waals surface area contributed by atoms with Crippen LogP contribution in [0.3, 0.4) is 0 Å². The molecule has 1 saturated carbocycles. The van der Waals surface area contributed by atoms with E-state index in [4.69, 9.17) is 0 Å². The third-order valence-corrected chi connectivity index (χ3v) is 3.81. The van der Waals surface area contributed by atoms with E-state index >= 15 is 0 Å². The number of ketones is 1. The largest absolute Gasteiger partial charge is 0.298 e. The average molecular weight is 262 g/mol. The van der Waals surface area contributed by atoms with E-state index in [1.807, 2.05) is 30.3 Å². The van der Waals surface area contributed by atoms with Gasteiger partial charge in [-0.05, 0) is 29.5 Å². The fraction of sp³-hybridized carbons (Fsp3) is 0.235. The van der Waals surface area contributed by atoms with E-state index in [0.29, 0.717) is 5.56 Å². The number of rotatable bonds is 4. The normalized spacial score (nSPS) is 21.8. The molecule has 1 aliphatic carbocycles. The summed E-state index contributed by atoms with van der Waals surface area (Å²) in [6.45, 7) is 0. The number of nitriles is 1. The van der Waals surface area contributed by atoms with Gasteiger partial charge in [-0.3, -0.25) is 9.78 Å². The molecule has 2 aromatic rings. The van der Waals surface area contributed by atoms with Gasteiger partial charge in [0, 0.05) is 18.3 Å². The van der Waals surface area contributed by atoms with Gasteiger partial charge in [-0.25, -0.2) is 0 Å². The zero-order valence-electron chi connectivity index (χ0n) is 10.9. The SMILES string of the molecule is N#CC(C(=O)C1CC1c1ccccc1)c1cccnc1. The minimum atomic E-state index is -0.692. The van der Waals surface area contributed by atoms with E-state index in [1.54, 1.807) is 24.5 Å². The Labute approximate surface area is 117 Å². The molecule has 98 valence electrons. The van der Waals surface area contributed by atoms with Crippen molar-refractivity contribution in [3.8, 4) is 6.07 Å². The minimum Gasteiger partial charge on any atom is -0.298 e. The summed E-state index contributed by atoms with van der Waals surface area (Å²) >= 11 is 0. The van der Waals surface area contributed by atoms with Crippen molar-refractivity contribution in [1.82, 2.24) is 4.98 Å². The van der Waals surface area contributed by atoms with Gasteiger partial charge < -0.3 is 0 Å². The number of hydrogen-bond donors (Lipinski definition) is 0. The van der Waals surface area contributed by atoms with Crippen LogP contribution in [0.1, 0.15) is 29.4 Å². The molecule has 0 bridgehead atoms. The highest BCUT2D eigenvalue weighted by Gasteiger charge is 2.46. The first kappa shape index (κ1) is 12.6. The Morgan fingerprint density at radius 1 is 1.25 bits per heavy atom. The monoisotopic (exact) mass is 262 g/mol. The molecule has 0 aliphatic heterocycles. The van der Waals surface area contributed by atoms with E-state index in [2.05, 4.69) is 11.1 Å². The van der Waals surface area contributed by atoms with Crippen molar-refractivity contribution in [2.75, 3.05) is 0 Å². The lowest BCUT2D eigenvalue weighted by Crippen LogP contribution is -2.13. The summed E-state index contributed by atoms with van der Waals surface area (Å²) < 4.78 is 0. The van der Waals surface area contributed by atoms with Crippen molar-refractivity contribution in [2.45, 2.75) is 18.3 Å². The molecular weight excluding hydrogens is 248 g/mol. The van der Waals surface area contributed by atoms with Crippen LogP contribution >= 0.6 is 0 Å². The number of benzene rings is 1.